The molecule has 0 saturated carbocycles. The number of methoxy groups -OCH3 is 1. The molecule has 0 atom stereocenters. The quantitative estimate of drug-likeness (QED) is 0.302. The zero-order chi connectivity index (χ0) is 18.1. The molecule has 0 fully saturated rings. The molecule has 25 heavy (non-hydrogen) atoms. The van der Waals surface area contributed by atoms with Crippen molar-refractivity contribution in [1.29, 1.82) is 0 Å². The molecule has 0 aliphatic rings. The van der Waals surface area contributed by atoms with E-state index in [0.717, 1.165) is 21.5 Å². The van der Waals surface area contributed by atoms with Gasteiger partial charge in [0, 0.05) is 15.7 Å². The van der Waals surface area contributed by atoms with Gasteiger partial charge in [-0.15, -0.1) is 0 Å². The Balaban J connectivity index is 1.96. The Labute approximate surface area is 160 Å². The number of benzene rings is 2. The summed E-state index contributed by atoms with van der Waals surface area (Å²) >= 11 is 8.66. The summed E-state index contributed by atoms with van der Waals surface area (Å²) in [5.41, 5.74) is 4.43. The van der Waals surface area contributed by atoms with Crippen molar-refractivity contribution in [3.05, 3.63) is 65.2 Å². The van der Waals surface area contributed by atoms with Gasteiger partial charge in [-0.2, -0.15) is 5.10 Å². The number of hydrogen-bond acceptors (Lipinski definition) is 4. The number of ether oxygens (including phenoxy) is 2. The molecule has 0 aliphatic heterocycles. The number of anilines is 1. The number of halogens is 1. The number of hydrazone groups is 1. The Morgan fingerprint density at radius 2 is 2.04 bits per heavy atom. The van der Waals surface area contributed by atoms with E-state index in [-0.39, 0.29) is 0 Å². The first-order valence-corrected chi connectivity index (χ1v) is 8.60. The van der Waals surface area contributed by atoms with Gasteiger partial charge in [0.25, 0.3) is 0 Å². The van der Waals surface area contributed by atoms with Gasteiger partial charge >= 0.3 is 0 Å². The van der Waals surface area contributed by atoms with E-state index >= 15 is 0 Å². The Bertz CT molecular complexity index is 763. The second-order valence-corrected chi connectivity index (χ2v) is 6.16. The first-order valence-electron chi connectivity index (χ1n) is 7.39. The smallest absolute Gasteiger partial charge is 0.191 e. The molecule has 0 amide bonds. The maximum atomic E-state index is 5.60. The van der Waals surface area contributed by atoms with Gasteiger partial charge in [0.1, 0.15) is 18.1 Å². The van der Waals surface area contributed by atoms with Crippen LogP contribution in [-0.4, -0.2) is 25.0 Å². The molecule has 0 saturated heterocycles. The fourth-order valence-corrected chi connectivity index (χ4v) is 2.44. The third-order valence-electron chi connectivity index (χ3n) is 3.05. The van der Waals surface area contributed by atoms with Crippen LogP contribution in [0, 0.1) is 0 Å². The van der Waals surface area contributed by atoms with Crippen molar-refractivity contribution in [1.82, 2.24) is 5.43 Å². The molecule has 0 aliphatic carbocycles. The van der Waals surface area contributed by atoms with Gasteiger partial charge in [-0.25, -0.2) is 0 Å². The van der Waals surface area contributed by atoms with E-state index < -0.39 is 0 Å². The van der Waals surface area contributed by atoms with E-state index in [0.29, 0.717) is 17.5 Å². The first-order chi connectivity index (χ1) is 12.1. The van der Waals surface area contributed by atoms with Crippen molar-refractivity contribution in [2.45, 2.75) is 0 Å². The first kappa shape index (κ1) is 19.0. The fraction of sp³-hybridized carbons (Fsp3) is 0.111. The molecule has 2 rings (SSSR count). The average Bonchev–Trinajstić information content (AvgIpc) is 2.61. The van der Waals surface area contributed by atoms with Crippen LogP contribution in [0.25, 0.3) is 0 Å². The number of hydrogen-bond donors (Lipinski definition) is 2. The molecule has 0 bridgehead atoms. The Kier molecular flexibility index (Phi) is 7.43. The molecular formula is C18H18BrN3O2S. The normalized spacial score (nSPS) is 10.3. The van der Waals surface area contributed by atoms with Gasteiger partial charge in [-0.3, -0.25) is 5.43 Å². The topological polar surface area (TPSA) is 54.9 Å². The molecule has 5 nitrogen and oxygen atoms in total. The Morgan fingerprint density at radius 3 is 2.72 bits per heavy atom. The summed E-state index contributed by atoms with van der Waals surface area (Å²) in [5, 5.41) is 7.57. The lowest BCUT2D eigenvalue weighted by Crippen LogP contribution is -2.23. The number of nitrogens with zero attached hydrogens (tertiary/aromatic N) is 1. The highest BCUT2D eigenvalue weighted by Gasteiger charge is 2.02. The zero-order valence-electron chi connectivity index (χ0n) is 13.7. The Hall–Kier alpha value is -2.38. The number of thiocarbonyl (C=S) groups is 1. The molecule has 7 heteroatoms. The largest absolute Gasteiger partial charge is 0.497 e. The van der Waals surface area contributed by atoms with Gasteiger partial charge in [-0.05, 0) is 54.7 Å². The molecular weight excluding hydrogens is 402 g/mol. The van der Waals surface area contributed by atoms with Crippen LogP contribution < -0.4 is 20.2 Å². The van der Waals surface area contributed by atoms with Gasteiger partial charge in [0.2, 0.25) is 0 Å². The lowest BCUT2D eigenvalue weighted by atomic mass is 10.2. The maximum Gasteiger partial charge on any atom is 0.191 e. The predicted octanol–water partition coefficient (Wildman–Crippen LogP) is 4.34. The summed E-state index contributed by atoms with van der Waals surface area (Å²) in [4.78, 5) is 0. The van der Waals surface area contributed by atoms with Crippen LogP contribution in [0.3, 0.4) is 0 Å². The molecule has 0 unspecified atom stereocenters. The minimum absolute atomic E-state index is 0.380. The third kappa shape index (κ3) is 6.21. The molecule has 0 spiro atoms. The third-order valence-corrected chi connectivity index (χ3v) is 3.73. The summed E-state index contributed by atoms with van der Waals surface area (Å²) in [6, 6.07) is 13.1. The second kappa shape index (κ2) is 9.80. The highest BCUT2D eigenvalue weighted by Crippen LogP contribution is 2.21. The van der Waals surface area contributed by atoms with Gasteiger partial charge in [0.05, 0.1) is 13.3 Å². The molecule has 2 N–H and O–H groups in total. The van der Waals surface area contributed by atoms with Crippen LogP contribution in [0.4, 0.5) is 5.69 Å². The van der Waals surface area contributed by atoms with Gasteiger partial charge < -0.3 is 14.8 Å². The second-order valence-electron chi connectivity index (χ2n) is 4.83. The van der Waals surface area contributed by atoms with E-state index in [4.69, 9.17) is 21.7 Å². The van der Waals surface area contributed by atoms with Crippen molar-refractivity contribution in [2.24, 2.45) is 5.10 Å². The monoisotopic (exact) mass is 419 g/mol. The van der Waals surface area contributed by atoms with Crippen molar-refractivity contribution < 1.29 is 9.47 Å². The Morgan fingerprint density at radius 1 is 1.28 bits per heavy atom. The minimum Gasteiger partial charge on any atom is -0.497 e. The van der Waals surface area contributed by atoms with E-state index in [1.165, 1.54) is 0 Å². The number of rotatable bonds is 7. The van der Waals surface area contributed by atoms with Crippen LogP contribution in [0.15, 0.2) is 64.7 Å². The van der Waals surface area contributed by atoms with Crippen LogP contribution in [0.5, 0.6) is 11.5 Å². The fourth-order valence-electron chi connectivity index (χ4n) is 1.89. The minimum atomic E-state index is 0.380. The van der Waals surface area contributed by atoms with E-state index in [1.807, 2.05) is 42.5 Å². The van der Waals surface area contributed by atoms with Gasteiger partial charge in [0.15, 0.2) is 5.11 Å². The van der Waals surface area contributed by atoms with Crippen molar-refractivity contribution >= 4 is 45.2 Å². The van der Waals surface area contributed by atoms with E-state index in [1.54, 1.807) is 19.4 Å². The van der Waals surface area contributed by atoms with E-state index in [2.05, 4.69) is 38.4 Å². The maximum absolute atomic E-state index is 5.60. The molecule has 2 aromatic rings. The highest BCUT2D eigenvalue weighted by molar-refractivity contribution is 9.10. The average molecular weight is 420 g/mol. The summed E-state index contributed by atoms with van der Waals surface area (Å²) in [5.74, 6) is 1.49. The summed E-state index contributed by atoms with van der Waals surface area (Å²) in [7, 11) is 1.62. The molecule has 2 aromatic carbocycles. The lowest BCUT2D eigenvalue weighted by molar-refractivity contribution is 0.362. The molecule has 0 heterocycles. The molecule has 0 aromatic heterocycles. The van der Waals surface area contributed by atoms with Crippen molar-refractivity contribution in [3.8, 4) is 11.5 Å². The predicted molar refractivity (Wildman–Crippen MR) is 110 cm³/mol. The van der Waals surface area contributed by atoms with Crippen molar-refractivity contribution in [2.75, 3.05) is 19.0 Å². The van der Waals surface area contributed by atoms with Crippen molar-refractivity contribution in [3.63, 3.8) is 0 Å². The van der Waals surface area contributed by atoms with E-state index in [9.17, 15) is 0 Å². The van der Waals surface area contributed by atoms with Gasteiger partial charge in [-0.1, -0.05) is 28.6 Å². The highest BCUT2D eigenvalue weighted by atomic mass is 79.9. The van der Waals surface area contributed by atoms with Crippen LogP contribution in [0.1, 0.15) is 5.56 Å². The standard InChI is InChI=1S/C18H18BrN3O2S/c1-3-10-24-17-9-4-14(19)11-13(17)12-20-22-18(25)21-15-5-7-16(23-2)8-6-15/h3-9,11-12H,1,10H2,2H3,(H2,21,22,25). The van der Waals surface area contributed by atoms with Crippen LogP contribution >= 0.6 is 28.1 Å². The summed E-state index contributed by atoms with van der Waals surface area (Å²) < 4.78 is 11.6. The molecule has 0 radical (unpaired) electrons. The SMILES string of the molecule is C=CCOc1ccc(Br)cc1C=NNC(=S)Nc1ccc(OC)cc1. The van der Waals surface area contributed by atoms with Crippen LogP contribution in [0.2, 0.25) is 0 Å². The summed E-state index contributed by atoms with van der Waals surface area (Å²) in [6.07, 6.45) is 3.33. The molecule has 130 valence electrons. The number of nitrogens with one attached hydrogen (secondary N) is 2. The summed E-state index contributed by atoms with van der Waals surface area (Å²) in [6.45, 7) is 4.07. The zero-order valence-corrected chi connectivity index (χ0v) is 16.1. The lowest BCUT2D eigenvalue weighted by Gasteiger charge is -2.09. The van der Waals surface area contributed by atoms with Crippen LogP contribution in [-0.2, 0) is 0 Å².